The zero-order chi connectivity index (χ0) is 16.7. The minimum atomic E-state index is -0.842. The van der Waals surface area contributed by atoms with Crippen molar-refractivity contribution in [3.63, 3.8) is 0 Å². The van der Waals surface area contributed by atoms with E-state index in [4.69, 9.17) is 21.2 Å². The molecule has 0 saturated carbocycles. The van der Waals surface area contributed by atoms with Crippen molar-refractivity contribution in [2.24, 2.45) is 0 Å². The molecular formula is C17H18ClNO4. The Morgan fingerprint density at radius 1 is 1.17 bits per heavy atom. The molecule has 5 nitrogen and oxygen atoms in total. The molecule has 0 bridgehead atoms. The summed E-state index contributed by atoms with van der Waals surface area (Å²) in [6, 6.07) is 15.9. The lowest BCUT2D eigenvalue weighted by Gasteiger charge is -2.25. The van der Waals surface area contributed by atoms with Gasteiger partial charge in [0.15, 0.2) is 0 Å². The predicted molar refractivity (Wildman–Crippen MR) is 88.5 cm³/mol. The van der Waals surface area contributed by atoms with Gasteiger partial charge in [-0.15, -0.1) is 0 Å². The number of anilines is 1. The van der Waals surface area contributed by atoms with E-state index in [9.17, 15) is 9.90 Å². The van der Waals surface area contributed by atoms with Crippen LogP contribution in [0.1, 0.15) is 6.92 Å². The van der Waals surface area contributed by atoms with E-state index in [0.29, 0.717) is 16.5 Å². The van der Waals surface area contributed by atoms with Crippen molar-refractivity contribution in [1.82, 2.24) is 0 Å². The molecule has 0 aliphatic rings. The molecule has 2 aromatic carbocycles. The van der Waals surface area contributed by atoms with Crippen LogP contribution in [0, 0.1) is 0 Å². The van der Waals surface area contributed by atoms with Gasteiger partial charge in [-0.05, 0) is 36.4 Å². The van der Waals surface area contributed by atoms with Crippen LogP contribution in [-0.4, -0.2) is 30.3 Å². The number of aliphatic hydroxyl groups is 1. The van der Waals surface area contributed by atoms with Crippen LogP contribution in [0.4, 0.5) is 5.69 Å². The Balaban J connectivity index is 1.93. The van der Waals surface area contributed by atoms with Gasteiger partial charge in [-0.1, -0.05) is 29.8 Å². The van der Waals surface area contributed by atoms with Gasteiger partial charge in [-0.3, -0.25) is 4.79 Å². The summed E-state index contributed by atoms with van der Waals surface area (Å²) in [5.41, 5.74) is 0.674. The first kappa shape index (κ1) is 17.1. The number of rotatable bonds is 7. The summed E-state index contributed by atoms with van der Waals surface area (Å²) in [4.78, 5) is 16.4. The van der Waals surface area contributed by atoms with Crippen LogP contribution in [0.2, 0.25) is 5.02 Å². The number of aliphatic hydroxyl groups excluding tert-OH is 1. The highest BCUT2D eigenvalue weighted by Crippen LogP contribution is 2.17. The molecule has 2 rings (SSSR count). The first-order valence-electron chi connectivity index (χ1n) is 7.12. The molecule has 23 heavy (non-hydrogen) atoms. The van der Waals surface area contributed by atoms with E-state index < -0.39 is 12.1 Å². The van der Waals surface area contributed by atoms with Crippen molar-refractivity contribution in [1.29, 1.82) is 0 Å². The number of ether oxygens (including phenoxy) is 1. The van der Waals surface area contributed by atoms with Gasteiger partial charge in [0.2, 0.25) is 0 Å². The van der Waals surface area contributed by atoms with Crippen molar-refractivity contribution in [2.45, 2.75) is 13.0 Å². The molecule has 122 valence electrons. The molecule has 6 heteroatoms. The number of nitrogens with zero attached hydrogens (tertiary/aromatic N) is 1. The summed E-state index contributed by atoms with van der Waals surface area (Å²) in [5, 5.41) is 12.1. The Morgan fingerprint density at radius 3 is 2.43 bits per heavy atom. The molecule has 0 spiro atoms. The van der Waals surface area contributed by atoms with Crippen LogP contribution in [0.5, 0.6) is 5.75 Å². The summed E-state index contributed by atoms with van der Waals surface area (Å²) in [5.74, 6) is 0.145. The van der Waals surface area contributed by atoms with E-state index in [1.165, 1.54) is 12.0 Å². The quantitative estimate of drug-likeness (QED) is 0.788. The molecule has 1 unspecified atom stereocenters. The third kappa shape index (κ3) is 5.81. The number of halogens is 1. The highest BCUT2D eigenvalue weighted by molar-refractivity contribution is 6.30. The second kappa shape index (κ2) is 8.41. The van der Waals surface area contributed by atoms with E-state index in [0.717, 1.165) is 0 Å². The number of benzene rings is 2. The van der Waals surface area contributed by atoms with Gasteiger partial charge in [0, 0.05) is 11.9 Å². The summed E-state index contributed by atoms with van der Waals surface area (Å²) in [7, 11) is 0. The molecule has 0 radical (unpaired) electrons. The van der Waals surface area contributed by atoms with Crippen LogP contribution in [0.15, 0.2) is 54.6 Å². The number of hydrogen-bond donors (Lipinski definition) is 1. The molecule has 0 amide bonds. The van der Waals surface area contributed by atoms with E-state index in [1.807, 2.05) is 18.2 Å². The highest BCUT2D eigenvalue weighted by Gasteiger charge is 2.16. The third-order valence-electron chi connectivity index (χ3n) is 2.92. The van der Waals surface area contributed by atoms with Gasteiger partial charge in [0.1, 0.15) is 18.5 Å². The number of para-hydroxylation sites is 1. The van der Waals surface area contributed by atoms with Crippen molar-refractivity contribution in [2.75, 3.05) is 18.2 Å². The standard InChI is InChI=1S/C17H18ClNO4/c1-13(20)23-19(15-5-3-2-4-6-15)11-16(21)12-22-17-9-7-14(18)8-10-17/h2-10,16,21H,11-12H2,1H3. The van der Waals surface area contributed by atoms with Gasteiger partial charge in [0.25, 0.3) is 0 Å². The van der Waals surface area contributed by atoms with Gasteiger partial charge in [-0.25, -0.2) is 5.06 Å². The van der Waals surface area contributed by atoms with Gasteiger partial charge < -0.3 is 14.7 Å². The molecule has 2 aromatic rings. The molecule has 0 aromatic heterocycles. The van der Waals surface area contributed by atoms with E-state index in [-0.39, 0.29) is 13.2 Å². The Bertz CT molecular complexity index is 618. The maximum atomic E-state index is 11.2. The SMILES string of the molecule is CC(=O)ON(CC(O)COc1ccc(Cl)cc1)c1ccccc1. The molecular weight excluding hydrogens is 318 g/mol. The average molecular weight is 336 g/mol. The Kier molecular flexibility index (Phi) is 6.26. The van der Waals surface area contributed by atoms with Crippen molar-refractivity contribution in [3.05, 3.63) is 59.6 Å². The van der Waals surface area contributed by atoms with Crippen LogP contribution < -0.4 is 9.80 Å². The van der Waals surface area contributed by atoms with Crippen molar-refractivity contribution < 1.29 is 19.5 Å². The average Bonchev–Trinajstić information content (AvgIpc) is 2.54. The summed E-state index contributed by atoms with van der Waals surface area (Å²) >= 11 is 5.80. The van der Waals surface area contributed by atoms with Gasteiger partial charge >= 0.3 is 5.97 Å². The molecule has 0 aliphatic carbocycles. The number of carbonyl (C=O) groups excluding carboxylic acids is 1. The first-order valence-corrected chi connectivity index (χ1v) is 7.50. The van der Waals surface area contributed by atoms with E-state index in [1.54, 1.807) is 36.4 Å². The minimum absolute atomic E-state index is 0.0617. The fourth-order valence-electron chi connectivity index (χ4n) is 1.91. The maximum Gasteiger partial charge on any atom is 0.329 e. The number of hydroxylamine groups is 1. The smallest absolute Gasteiger partial charge is 0.329 e. The molecule has 1 atom stereocenters. The normalized spacial score (nSPS) is 11.6. The molecule has 0 saturated heterocycles. The lowest BCUT2D eigenvalue weighted by atomic mass is 10.3. The van der Waals surface area contributed by atoms with Crippen LogP contribution in [0.25, 0.3) is 0 Å². The second-order valence-electron chi connectivity index (χ2n) is 4.90. The predicted octanol–water partition coefficient (Wildman–Crippen LogP) is 3.06. The summed E-state index contributed by atoms with van der Waals surface area (Å²) < 4.78 is 5.49. The van der Waals surface area contributed by atoms with Crippen molar-refractivity contribution >= 4 is 23.3 Å². The second-order valence-corrected chi connectivity index (χ2v) is 5.33. The number of hydrogen-bond acceptors (Lipinski definition) is 5. The lowest BCUT2D eigenvalue weighted by molar-refractivity contribution is -0.143. The Labute approximate surface area is 140 Å². The van der Waals surface area contributed by atoms with Crippen molar-refractivity contribution in [3.8, 4) is 5.75 Å². The summed E-state index contributed by atoms with van der Waals surface area (Å²) in [6.45, 7) is 1.47. The molecule has 0 heterocycles. The maximum absolute atomic E-state index is 11.2. The highest BCUT2D eigenvalue weighted by atomic mass is 35.5. The minimum Gasteiger partial charge on any atom is -0.491 e. The molecule has 1 N–H and O–H groups in total. The third-order valence-corrected chi connectivity index (χ3v) is 3.17. The van der Waals surface area contributed by atoms with Crippen LogP contribution in [-0.2, 0) is 9.63 Å². The zero-order valence-corrected chi connectivity index (χ0v) is 13.4. The lowest BCUT2D eigenvalue weighted by Crippen LogP contribution is -2.36. The van der Waals surface area contributed by atoms with E-state index >= 15 is 0 Å². The fourth-order valence-corrected chi connectivity index (χ4v) is 2.04. The van der Waals surface area contributed by atoms with Crippen LogP contribution in [0.3, 0.4) is 0 Å². The Morgan fingerprint density at radius 2 is 1.83 bits per heavy atom. The Hall–Kier alpha value is -2.24. The zero-order valence-electron chi connectivity index (χ0n) is 12.7. The largest absolute Gasteiger partial charge is 0.491 e. The monoisotopic (exact) mass is 335 g/mol. The van der Waals surface area contributed by atoms with Gasteiger partial charge in [-0.2, -0.15) is 0 Å². The first-order chi connectivity index (χ1) is 11.0. The van der Waals surface area contributed by atoms with E-state index in [2.05, 4.69) is 0 Å². The molecule has 0 aliphatic heterocycles. The van der Waals surface area contributed by atoms with Crippen LogP contribution >= 0.6 is 11.6 Å². The molecule has 0 fully saturated rings. The summed E-state index contributed by atoms with van der Waals surface area (Å²) in [6.07, 6.45) is -0.842. The fraction of sp³-hybridized carbons (Fsp3) is 0.235. The topological polar surface area (TPSA) is 59.0 Å². The number of carbonyl (C=O) groups is 1. The van der Waals surface area contributed by atoms with Gasteiger partial charge in [0.05, 0.1) is 12.2 Å².